The second-order valence-electron chi connectivity index (χ2n) is 5.82. The minimum Gasteiger partial charge on any atom is -0.508 e. The van der Waals surface area contributed by atoms with Crippen LogP contribution in [0.5, 0.6) is 5.75 Å². The zero-order chi connectivity index (χ0) is 15.2. The predicted molar refractivity (Wildman–Crippen MR) is 82.7 cm³/mol. The minimum atomic E-state index is 0.281. The molecule has 20 heavy (non-hydrogen) atoms. The third-order valence-electron chi connectivity index (χ3n) is 2.94. The number of nitrogens with two attached hydrogens (primary N) is 1. The van der Waals surface area contributed by atoms with Crippen LogP contribution in [0.4, 0.5) is 0 Å². The SMILES string of the molecule is C[N+](C)(C)CCO.NCCc1c[nH]c2ccc(O)cc12. The molecule has 0 aliphatic heterocycles. The van der Waals surface area contributed by atoms with Gasteiger partial charge in [0.15, 0.2) is 0 Å². The van der Waals surface area contributed by atoms with Crippen molar-refractivity contribution in [3.05, 3.63) is 30.0 Å². The fraction of sp³-hybridized carbons (Fsp3) is 0.467. The Morgan fingerprint density at radius 1 is 1.25 bits per heavy atom. The lowest BCUT2D eigenvalue weighted by atomic mass is 10.1. The van der Waals surface area contributed by atoms with Crippen molar-refractivity contribution in [1.29, 1.82) is 0 Å². The molecule has 0 aliphatic carbocycles. The Labute approximate surface area is 120 Å². The lowest BCUT2D eigenvalue weighted by molar-refractivity contribution is -0.870. The number of nitrogens with one attached hydrogen (secondary N) is 1. The van der Waals surface area contributed by atoms with Crippen molar-refractivity contribution >= 4 is 10.9 Å². The molecule has 0 fully saturated rings. The Kier molecular flexibility index (Phi) is 6.01. The van der Waals surface area contributed by atoms with Crippen molar-refractivity contribution in [3.8, 4) is 5.75 Å². The molecule has 5 N–H and O–H groups in total. The molecule has 0 amide bonds. The van der Waals surface area contributed by atoms with Gasteiger partial charge in [0, 0.05) is 17.1 Å². The molecule has 5 nitrogen and oxygen atoms in total. The molecule has 2 aromatic rings. The number of rotatable bonds is 4. The van der Waals surface area contributed by atoms with Crippen molar-refractivity contribution < 1.29 is 14.7 Å². The number of H-pyrrole nitrogens is 1. The number of phenolic OH excluding ortho intramolecular Hbond substituents is 1. The van der Waals surface area contributed by atoms with Gasteiger partial charge >= 0.3 is 0 Å². The smallest absolute Gasteiger partial charge is 0.116 e. The van der Waals surface area contributed by atoms with Gasteiger partial charge in [0.05, 0.1) is 27.7 Å². The number of fused-ring (bicyclic) bond motifs is 1. The monoisotopic (exact) mass is 280 g/mol. The Morgan fingerprint density at radius 3 is 2.45 bits per heavy atom. The maximum Gasteiger partial charge on any atom is 0.116 e. The van der Waals surface area contributed by atoms with E-state index in [1.54, 1.807) is 12.1 Å². The number of aliphatic hydroxyl groups excluding tert-OH is 1. The number of aliphatic hydroxyl groups is 1. The summed E-state index contributed by atoms with van der Waals surface area (Å²) in [5.41, 5.74) is 7.68. The van der Waals surface area contributed by atoms with Crippen LogP contribution in [0.25, 0.3) is 10.9 Å². The minimum absolute atomic E-state index is 0.281. The molecule has 1 heterocycles. The predicted octanol–water partition coefficient (Wildman–Crippen LogP) is 1.06. The van der Waals surface area contributed by atoms with E-state index in [1.807, 2.05) is 12.3 Å². The summed E-state index contributed by atoms with van der Waals surface area (Å²) in [6.07, 6.45) is 2.78. The van der Waals surface area contributed by atoms with E-state index in [-0.39, 0.29) is 6.61 Å². The van der Waals surface area contributed by atoms with Crippen molar-refractivity contribution in [1.82, 2.24) is 4.98 Å². The van der Waals surface area contributed by atoms with Crippen LogP contribution in [-0.2, 0) is 6.42 Å². The number of hydrogen-bond donors (Lipinski definition) is 4. The number of nitrogens with zero attached hydrogens (tertiary/aromatic N) is 1. The molecule has 5 heteroatoms. The van der Waals surface area contributed by atoms with Gasteiger partial charge in [0.25, 0.3) is 0 Å². The normalized spacial score (nSPS) is 11.2. The highest BCUT2D eigenvalue weighted by molar-refractivity contribution is 5.84. The molecule has 0 aliphatic rings. The summed E-state index contributed by atoms with van der Waals surface area (Å²) in [5.74, 6) is 0.297. The van der Waals surface area contributed by atoms with E-state index in [9.17, 15) is 5.11 Å². The topological polar surface area (TPSA) is 82.3 Å². The van der Waals surface area contributed by atoms with E-state index in [1.165, 1.54) is 0 Å². The quantitative estimate of drug-likeness (QED) is 0.632. The van der Waals surface area contributed by atoms with Crippen molar-refractivity contribution in [3.63, 3.8) is 0 Å². The van der Waals surface area contributed by atoms with Gasteiger partial charge in [-0.15, -0.1) is 0 Å². The zero-order valence-corrected chi connectivity index (χ0v) is 12.6. The number of aromatic amines is 1. The number of aromatic hydroxyl groups is 1. The summed E-state index contributed by atoms with van der Waals surface area (Å²) in [5, 5.41) is 18.7. The van der Waals surface area contributed by atoms with Gasteiger partial charge in [0.2, 0.25) is 0 Å². The Morgan fingerprint density at radius 2 is 1.95 bits per heavy atom. The average Bonchev–Trinajstić information content (AvgIpc) is 2.72. The van der Waals surface area contributed by atoms with Crippen molar-refractivity contribution in [2.75, 3.05) is 40.8 Å². The zero-order valence-electron chi connectivity index (χ0n) is 12.6. The molecule has 0 saturated heterocycles. The summed E-state index contributed by atoms with van der Waals surface area (Å²) in [7, 11) is 6.16. The fourth-order valence-corrected chi connectivity index (χ4v) is 1.83. The lowest BCUT2D eigenvalue weighted by Gasteiger charge is -2.21. The number of aromatic nitrogens is 1. The van der Waals surface area contributed by atoms with Crippen LogP contribution in [0.2, 0.25) is 0 Å². The van der Waals surface area contributed by atoms with E-state index < -0.39 is 0 Å². The van der Waals surface area contributed by atoms with Crippen LogP contribution in [0.1, 0.15) is 5.56 Å². The van der Waals surface area contributed by atoms with E-state index in [4.69, 9.17) is 10.8 Å². The first-order valence-corrected chi connectivity index (χ1v) is 6.77. The van der Waals surface area contributed by atoms with Crippen LogP contribution in [0, 0.1) is 0 Å². The summed E-state index contributed by atoms with van der Waals surface area (Å²) in [6.45, 7) is 1.74. The second-order valence-corrected chi connectivity index (χ2v) is 5.82. The van der Waals surface area contributed by atoms with Gasteiger partial charge < -0.3 is 25.4 Å². The molecule has 0 atom stereocenters. The number of benzene rings is 1. The van der Waals surface area contributed by atoms with Crippen molar-refractivity contribution in [2.24, 2.45) is 5.73 Å². The van der Waals surface area contributed by atoms with Gasteiger partial charge in [-0.05, 0) is 36.7 Å². The Hall–Kier alpha value is -1.56. The maximum absolute atomic E-state index is 9.30. The molecule has 2 rings (SSSR count). The Balaban J connectivity index is 0.000000246. The molecule has 0 spiro atoms. The van der Waals surface area contributed by atoms with E-state index >= 15 is 0 Å². The summed E-state index contributed by atoms with van der Waals surface area (Å²) < 4.78 is 0.844. The first-order valence-electron chi connectivity index (χ1n) is 6.77. The van der Waals surface area contributed by atoms with Crippen molar-refractivity contribution in [2.45, 2.75) is 6.42 Å². The molecule has 0 saturated carbocycles. The molecular weight excluding hydrogens is 254 g/mol. The molecule has 0 radical (unpaired) electrons. The number of hydrogen-bond acceptors (Lipinski definition) is 3. The van der Waals surface area contributed by atoms with Crippen LogP contribution in [-0.4, -0.2) is 60.5 Å². The van der Waals surface area contributed by atoms with Crippen LogP contribution >= 0.6 is 0 Å². The third kappa shape index (κ3) is 5.21. The molecule has 112 valence electrons. The van der Waals surface area contributed by atoms with Gasteiger partial charge in [0.1, 0.15) is 12.3 Å². The fourth-order valence-electron chi connectivity index (χ4n) is 1.83. The molecule has 1 aromatic heterocycles. The molecule has 0 bridgehead atoms. The highest BCUT2D eigenvalue weighted by Gasteiger charge is 2.03. The summed E-state index contributed by atoms with van der Waals surface area (Å²) >= 11 is 0. The van der Waals surface area contributed by atoms with Crippen LogP contribution < -0.4 is 5.73 Å². The first kappa shape index (κ1) is 16.5. The highest BCUT2D eigenvalue weighted by atomic mass is 16.3. The summed E-state index contributed by atoms with van der Waals surface area (Å²) in [6, 6.07) is 5.30. The third-order valence-corrected chi connectivity index (χ3v) is 2.94. The number of likely N-dealkylation sites (N-methyl/N-ethyl adjacent to an activating group) is 1. The van der Waals surface area contributed by atoms with Crippen LogP contribution in [0.15, 0.2) is 24.4 Å². The van der Waals surface area contributed by atoms with Gasteiger partial charge in [-0.1, -0.05) is 0 Å². The average molecular weight is 280 g/mol. The molecule has 0 unspecified atom stereocenters. The molecule has 1 aromatic carbocycles. The van der Waals surface area contributed by atoms with Gasteiger partial charge in [-0.25, -0.2) is 0 Å². The standard InChI is InChI=1S/C10H12N2O.C5H14NO/c11-4-3-7-6-12-10-2-1-8(13)5-9(7)10;1-6(2,3)4-5-7/h1-2,5-6,12-13H,3-4,11H2;7H,4-5H2,1-3H3/q;+1. The van der Waals surface area contributed by atoms with E-state index in [0.717, 1.165) is 33.9 Å². The largest absolute Gasteiger partial charge is 0.508 e. The number of phenols is 1. The highest BCUT2D eigenvalue weighted by Crippen LogP contribution is 2.22. The molecular formula is C15H26N3O2+. The summed E-state index contributed by atoms with van der Waals surface area (Å²) in [4.78, 5) is 3.13. The Bertz CT molecular complexity index is 529. The van der Waals surface area contributed by atoms with E-state index in [2.05, 4.69) is 26.1 Å². The first-order chi connectivity index (χ1) is 9.37. The van der Waals surface area contributed by atoms with Gasteiger partial charge in [-0.3, -0.25) is 0 Å². The van der Waals surface area contributed by atoms with E-state index in [0.29, 0.717) is 12.3 Å². The lowest BCUT2D eigenvalue weighted by Crippen LogP contribution is -2.36. The second kappa shape index (κ2) is 7.28. The van der Waals surface area contributed by atoms with Gasteiger partial charge in [-0.2, -0.15) is 0 Å². The number of quaternary nitrogens is 1. The maximum atomic E-state index is 9.30. The van der Waals surface area contributed by atoms with Crippen LogP contribution in [0.3, 0.4) is 0 Å².